The molecule has 212 valence electrons. The first-order valence-corrected chi connectivity index (χ1v) is 13.2. The molecule has 0 fully saturated rings. The van der Waals surface area contributed by atoms with Crippen LogP contribution >= 0.6 is 0 Å². The molecule has 0 bridgehead atoms. The molecule has 8 nitrogen and oxygen atoms in total. The molecule has 0 aliphatic rings. The van der Waals surface area contributed by atoms with Gasteiger partial charge in [-0.25, -0.2) is 0 Å². The number of hydrogen-bond donors (Lipinski definition) is 0. The Morgan fingerprint density at radius 2 is 1.10 bits per heavy atom. The van der Waals surface area contributed by atoms with Crippen LogP contribution < -0.4 is 0 Å². The van der Waals surface area contributed by atoms with E-state index in [4.69, 9.17) is 18.9 Å². The molecule has 2 aromatic carbocycles. The van der Waals surface area contributed by atoms with Crippen molar-refractivity contribution in [3.05, 3.63) is 84.4 Å². The second-order valence-corrected chi connectivity index (χ2v) is 8.42. The number of esters is 4. The Kier molecular flexibility index (Phi) is 15.6. The summed E-state index contributed by atoms with van der Waals surface area (Å²) in [5.74, 6) is -3.06. The Bertz CT molecular complexity index is 997. The molecule has 0 saturated heterocycles. The summed E-state index contributed by atoms with van der Waals surface area (Å²) in [6.45, 7) is 11.4. The zero-order chi connectivity index (χ0) is 29.1. The Labute approximate surface area is 231 Å². The molecular formula is C31H40O8. The van der Waals surface area contributed by atoms with E-state index in [1.165, 1.54) is 0 Å². The molecule has 39 heavy (non-hydrogen) atoms. The van der Waals surface area contributed by atoms with Crippen molar-refractivity contribution in [3.63, 3.8) is 0 Å². The normalized spacial score (nSPS) is 10.5. The third-order valence-electron chi connectivity index (χ3n) is 5.60. The van der Waals surface area contributed by atoms with Gasteiger partial charge in [0, 0.05) is 0 Å². The molecule has 0 unspecified atom stereocenters. The van der Waals surface area contributed by atoms with Gasteiger partial charge in [-0.15, -0.1) is 6.58 Å². The average molecular weight is 541 g/mol. The minimum absolute atomic E-state index is 0.180. The second-order valence-electron chi connectivity index (χ2n) is 8.42. The number of carbonyl (C=O) groups excluding carboxylic acids is 4. The SMILES string of the molecule is C=CCC(Cc1ccccc1)(C(=O)OCC)C(=O)OCC.CCOC(=O)C(Cc1ccccc1)C(=O)OCC. The minimum atomic E-state index is -1.37. The van der Waals surface area contributed by atoms with Gasteiger partial charge in [0.15, 0.2) is 11.3 Å². The molecular weight excluding hydrogens is 500 g/mol. The first-order chi connectivity index (χ1) is 18.8. The Balaban J connectivity index is 0.000000395. The molecule has 0 aliphatic heterocycles. The molecule has 0 spiro atoms. The predicted molar refractivity (Wildman–Crippen MR) is 148 cm³/mol. The predicted octanol–water partition coefficient (Wildman–Crippen LogP) is 4.89. The minimum Gasteiger partial charge on any atom is -0.465 e. The molecule has 0 heterocycles. The van der Waals surface area contributed by atoms with Crippen LogP contribution in [-0.4, -0.2) is 50.3 Å². The van der Waals surface area contributed by atoms with Crippen LogP contribution in [0, 0.1) is 11.3 Å². The lowest BCUT2D eigenvalue weighted by Crippen LogP contribution is -2.43. The molecule has 8 heteroatoms. The lowest BCUT2D eigenvalue weighted by Gasteiger charge is -2.28. The van der Waals surface area contributed by atoms with E-state index in [0.717, 1.165) is 11.1 Å². The van der Waals surface area contributed by atoms with E-state index in [9.17, 15) is 19.2 Å². The van der Waals surface area contributed by atoms with Crippen molar-refractivity contribution < 1.29 is 38.1 Å². The molecule has 0 N–H and O–H groups in total. The number of allylic oxidation sites excluding steroid dienone is 1. The highest BCUT2D eigenvalue weighted by Crippen LogP contribution is 2.31. The van der Waals surface area contributed by atoms with Crippen molar-refractivity contribution in [1.29, 1.82) is 0 Å². The van der Waals surface area contributed by atoms with E-state index in [-0.39, 0.29) is 39.3 Å². The first-order valence-electron chi connectivity index (χ1n) is 13.2. The number of carbonyl (C=O) groups is 4. The molecule has 0 radical (unpaired) electrons. The average Bonchev–Trinajstić information content (AvgIpc) is 2.93. The van der Waals surface area contributed by atoms with Crippen molar-refractivity contribution in [2.75, 3.05) is 26.4 Å². The first kappa shape index (κ1) is 33.1. The van der Waals surface area contributed by atoms with Gasteiger partial charge in [0.25, 0.3) is 0 Å². The summed E-state index contributed by atoms with van der Waals surface area (Å²) in [7, 11) is 0. The third kappa shape index (κ3) is 10.8. The molecule has 0 amide bonds. The standard InChI is InChI=1S/C17H22O4.C14H18O4/c1-4-12-17(15(18)20-5-2,16(19)21-6-3)13-14-10-8-7-9-11-14;1-3-17-13(15)12(14(16)18-4-2)10-11-8-6-5-7-9-11/h4,7-11H,1,5-6,12-13H2,2-3H3;5-9,12H,3-4,10H2,1-2H3. The van der Waals surface area contributed by atoms with Crippen molar-refractivity contribution in [2.45, 2.75) is 47.0 Å². The highest BCUT2D eigenvalue weighted by atomic mass is 16.6. The monoisotopic (exact) mass is 540 g/mol. The zero-order valence-corrected chi connectivity index (χ0v) is 23.4. The van der Waals surface area contributed by atoms with Crippen LogP contribution in [0.3, 0.4) is 0 Å². The van der Waals surface area contributed by atoms with Gasteiger partial charge < -0.3 is 18.9 Å². The van der Waals surface area contributed by atoms with Crippen LogP contribution in [-0.2, 0) is 51.0 Å². The van der Waals surface area contributed by atoms with E-state index >= 15 is 0 Å². The van der Waals surface area contributed by atoms with Gasteiger partial charge in [0.2, 0.25) is 0 Å². The van der Waals surface area contributed by atoms with Crippen molar-refractivity contribution in [3.8, 4) is 0 Å². The van der Waals surface area contributed by atoms with Crippen molar-refractivity contribution >= 4 is 23.9 Å². The fourth-order valence-electron chi connectivity index (χ4n) is 3.79. The van der Waals surface area contributed by atoms with Crippen molar-refractivity contribution in [1.82, 2.24) is 0 Å². The quantitative estimate of drug-likeness (QED) is 0.144. The number of hydrogen-bond acceptors (Lipinski definition) is 8. The molecule has 0 saturated carbocycles. The number of benzene rings is 2. The third-order valence-corrected chi connectivity index (χ3v) is 5.60. The van der Waals surface area contributed by atoms with E-state index in [0.29, 0.717) is 6.42 Å². The molecule has 2 rings (SSSR count). The van der Waals surface area contributed by atoms with E-state index in [2.05, 4.69) is 6.58 Å². The van der Waals surface area contributed by atoms with Crippen LogP contribution in [0.5, 0.6) is 0 Å². The van der Waals surface area contributed by atoms with E-state index in [1.807, 2.05) is 60.7 Å². The summed E-state index contributed by atoms with van der Waals surface area (Å²) in [4.78, 5) is 48.3. The maximum atomic E-state index is 12.4. The summed E-state index contributed by atoms with van der Waals surface area (Å²) in [5, 5.41) is 0. The fraction of sp³-hybridized carbons (Fsp3) is 0.419. The van der Waals surface area contributed by atoms with Gasteiger partial charge in [-0.1, -0.05) is 66.7 Å². The van der Waals surface area contributed by atoms with Gasteiger partial charge in [-0.2, -0.15) is 0 Å². The summed E-state index contributed by atoms with van der Waals surface area (Å²) >= 11 is 0. The van der Waals surface area contributed by atoms with Gasteiger partial charge in [0.1, 0.15) is 0 Å². The topological polar surface area (TPSA) is 105 Å². The van der Waals surface area contributed by atoms with E-state index < -0.39 is 35.2 Å². The second kappa shape index (κ2) is 18.3. The fourth-order valence-corrected chi connectivity index (χ4v) is 3.79. The van der Waals surface area contributed by atoms with Crippen LogP contribution in [0.25, 0.3) is 0 Å². The maximum absolute atomic E-state index is 12.4. The Hall–Kier alpha value is -3.94. The highest BCUT2D eigenvalue weighted by Gasteiger charge is 2.47. The highest BCUT2D eigenvalue weighted by molar-refractivity contribution is 6.00. The van der Waals surface area contributed by atoms with Gasteiger partial charge in [-0.05, 0) is 58.1 Å². The van der Waals surface area contributed by atoms with Gasteiger partial charge >= 0.3 is 23.9 Å². The number of ether oxygens (including phenoxy) is 4. The smallest absolute Gasteiger partial charge is 0.324 e. The maximum Gasteiger partial charge on any atom is 0.324 e. The molecule has 0 aliphatic carbocycles. The number of rotatable bonds is 14. The molecule has 2 aromatic rings. The van der Waals surface area contributed by atoms with Crippen LogP contribution in [0.2, 0.25) is 0 Å². The molecule has 0 atom stereocenters. The summed E-state index contributed by atoms with van der Waals surface area (Å²) in [6.07, 6.45) is 2.27. The van der Waals surface area contributed by atoms with Crippen LogP contribution in [0.4, 0.5) is 0 Å². The lowest BCUT2D eigenvalue weighted by molar-refractivity contribution is -0.172. The summed E-state index contributed by atoms with van der Waals surface area (Å²) in [5.41, 5.74) is 0.416. The lowest BCUT2D eigenvalue weighted by atomic mass is 9.78. The summed E-state index contributed by atoms with van der Waals surface area (Å²) < 4.78 is 20.0. The Morgan fingerprint density at radius 3 is 1.49 bits per heavy atom. The van der Waals surface area contributed by atoms with E-state index in [1.54, 1.807) is 33.8 Å². The van der Waals surface area contributed by atoms with Crippen LogP contribution in [0.1, 0.15) is 45.2 Å². The zero-order valence-electron chi connectivity index (χ0n) is 23.4. The van der Waals surface area contributed by atoms with Crippen LogP contribution in [0.15, 0.2) is 73.3 Å². The largest absolute Gasteiger partial charge is 0.465 e. The Morgan fingerprint density at radius 1 is 0.692 bits per heavy atom. The summed E-state index contributed by atoms with van der Waals surface area (Å²) in [6, 6.07) is 18.7. The molecule has 0 aromatic heterocycles. The van der Waals surface area contributed by atoms with Gasteiger partial charge in [-0.3, -0.25) is 19.2 Å². The van der Waals surface area contributed by atoms with Crippen molar-refractivity contribution in [2.24, 2.45) is 11.3 Å². The van der Waals surface area contributed by atoms with Gasteiger partial charge in [0.05, 0.1) is 26.4 Å².